The van der Waals surface area contributed by atoms with Gasteiger partial charge in [0.1, 0.15) is 5.69 Å². The summed E-state index contributed by atoms with van der Waals surface area (Å²) >= 11 is 5.92. The highest BCUT2D eigenvalue weighted by molar-refractivity contribution is 6.31. The van der Waals surface area contributed by atoms with Gasteiger partial charge >= 0.3 is 0 Å². The van der Waals surface area contributed by atoms with Crippen LogP contribution in [0.3, 0.4) is 0 Å². The molecule has 4 nitrogen and oxygen atoms in total. The molecule has 0 bridgehead atoms. The maximum atomic E-state index is 12.2. The van der Waals surface area contributed by atoms with Crippen molar-refractivity contribution in [2.24, 2.45) is 0 Å². The molecule has 0 aliphatic heterocycles. The van der Waals surface area contributed by atoms with E-state index in [0.29, 0.717) is 29.3 Å². The van der Waals surface area contributed by atoms with Gasteiger partial charge in [0.15, 0.2) is 0 Å². The van der Waals surface area contributed by atoms with Gasteiger partial charge < -0.3 is 10.0 Å². The average Bonchev–Trinajstić information content (AvgIpc) is 2.43. The Kier molecular flexibility index (Phi) is 4.35. The van der Waals surface area contributed by atoms with Gasteiger partial charge in [-0.2, -0.15) is 0 Å². The summed E-state index contributed by atoms with van der Waals surface area (Å²) in [5, 5.41) is 10.5. The van der Waals surface area contributed by atoms with Crippen LogP contribution < -0.4 is 0 Å². The molecule has 1 aromatic heterocycles. The molecule has 1 amide bonds. The van der Waals surface area contributed by atoms with Gasteiger partial charge in [-0.15, -0.1) is 0 Å². The number of aromatic nitrogens is 1. The Morgan fingerprint density at radius 1 is 1.37 bits per heavy atom. The Bertz CT molecular complexity index is 601. The van der Waals surface area contributed by atoms with E-state index < -0.39 is 0 Å². The molecule has 0 fully saturated rings. The summed E-state index contributed by atoms with van der Waals surface area (Å²) < 4.78 is 0. The third kappa shape index (κ3) is 3.03. The number of fused-ring (bicyclic) bond motifs is 1. The van der Waals surface area contributed by atoms with E-state index >= 15 is 0 Å². The number of pyridine rings is 1. The van der Waals surface area contributed by atoms with Gasteiger partial charge in [-0.1, -0.05) is 23.7 Å². The molecular formula is C14H15ClN2O2. The summed E-state index contributed by atoms with van der Waals surface area (Å²) in [5.74, 6) is -0.182. The number of benzene rings is 1. The van der Waals surface area contributed by atoms with Crippen LogP contribution in [0.5, 0.6) is 0 Å². The van der Waals surface area contributed by atoms with E-state index in [0.717, 1.165) is 5.39 Å². The van der Waals surface area contributed by atoms with Crippen LogP contribution in [-0.4, -0.2) is 40.6 Å². The molecule has 0 unspecified atom stereocenters. The number of likely N-dealkylation sites (N-methyl/N-ethyl adjacent to an activating group) is 1. The summed E-state index contributed by atoms with van der Waals surface area (Å²) in [6.07, 6.45) is 0. The minimum Gasteiger partial charge on any atom is -0.395 e. The lowest BCUT2D eigenvalue weighted by Crippen LogP contribution is -2.33. The zero-order valence-electron chi connectivity index (χ0n) is 10.6. The fourth-order valence-corrected chi connectivity index (χ4v) is 2.06. The van der Waals surface area contributed by atoms with Crippen LogP contribution in [0.25, 0.3) is 10.9 Å². The normalized spacial score (nSPS) is 10.7. The zero-order valence-corrected chi connectivity index (χ0v) is 11.4. The van der Waals surface area contributed by atoms with E-state index in [1.54, 1.807) is 23.1 Å². The van der Waals surface area contributed by atoms with E-state index in [1.165, 1.54) is 0 Å². The maximum Gasteiger partial charge on any atom is 0.272 e. The van der Waals surface area contributed by atoms with Crippen LogP contribution in [0.4, 0.5) is 0 Å². The Morgan fingerprint density at radius 3 is 2.79 bits per heavy atom. The van der Waals surface area contributed by atoms with Crippen molar-refractivity contribution in [3.05, 3.63) is 41.0 Å². The molecule has 0 radical (unpaired) electrons. The average molecular weight is 279 g/mol. The van der Waals surface area contributed by atoms with E-state index in [9.17, 15) is 4.79 Å². The minimum absolute atomic E-state index is 0.0566. The lowest BCUT2D eigenvalue weighted by Gasteiger charge is -2.19. The second kappa shape index (κ2) is 5.99. The number of halogens is 1. The second-order valence-corrected chi connectivity index (χ2v) is 4.58. The molecule has 0 aliphatic rings. The maximum absolute atomic E-state index is 12.2. The molecule has 19 heavy (non-hydrogen) atoms. The molecule has 0 atom stereocenters. The number of amides is 1. The van der Waals surface area contributed by atoms with E-state index in [1.807, 2.05) is 19.1 Å². The molecular weight excluding hydrogens is 264 g/mol. The Labute approximate surface area is 116 Å². The predicted octanol–water partition coefficient (Wildman–Crippen LogP) is 2.34. The second-order valence-electron chi connectivity index (χ2n) is 4.14. The van der Waals surface area contributed by atoms with Crippen molar-refractivity contribution < 1.29 is 9.90 Å². The molecule has 5 heteroatoms. The standard InChI is InChI=1S/C14H15ClN2O2/c1-2-17(7-8-18)14(19)12-6-4-10-3-5-11(15)9-13(10)16-12/h3-6,9,18H,2,7-8H2,1H3. The van der Waals surface area contributed by atoms with Crippen molar-refractivity contribution >= 4 is 28.4 Å². The third-order valence-electron chi connectivity index (χ3n) is 2.91. The molecule has 1 heterocycles. The first kappa shape index (κ1) is 13.8. The fourth-order valence-electron chi connectivity index (χ4n) is 1.90. The van der Waals surface area contributed by atoms with Crippen molar-refractivity contribution in [3.8, 4) is 0 Å². The third-order valence-corrected chi connectivity index (χ3v) is 3.15. The van der Waals surface area contributed by atoms with Crippen molar-refractivity contribution in [1.82, 2.24) is 9.88 Å². The summed E-state index contributed by atoms with van der Waals surface area (Å²) in [5.41, 5.74) is 1.06. The molecule has 100 valence electrons. The van der Waals surface area contributed by atoms with Gasteiger partial charge in [-0.05, 0) is 25.1 Å². The summed E-state index contributed by atoms with van der Waals surface area (Å²) in [7, 11) is 0. The molecule has 0 aliphatic carbocycles. The topological polar surface area (TPSA) is 53.4 Å². The highest BCUT2D eigenvalue weighted by atomic mass is 35.5. The number of aliphatic hydroxyl groups excluding tert-OH is 1. The van der Waals surface area contributed by atoms with E-state index in [-0.39, 0.29) is 12.5 Å². The van der Waals surface area contributed by atoms with Gasteiger partial charge in [0.05, 0.1) is 12.1 Å². The molecule has 1 aromatic carbocycles. The Balaban J connectivity index is 2.36. The first-order chi connectivity index (χ1) is 9.15. The molecule has 0 saturated carbocycles. The minimum atomic E-state index is -0.182. The van der Waals surface area contributed by atoms with Gasteiger partial charge in [0.2, 0.25) is 0 Å². The van der Waals surface area contributed by atoms with Crippen LogP contribution in [0.15, 0.2) is 30.3 Å². The molecule has 0 saturated heterocycles. The molecule has 1 N–H and O–H groups in total. The van der Waals surface area contributed by atoms with Gasteiger partial charge in [0, 0.05) is 23.5 Å². The van der Waals surface area contributed by atoms with E-state index in [4.69, 9.17) is 16.7 Å². The monoisotopic (exact) mass is 278 g/mol. The number of carbonyl (C=O) groups is 1. The molecule has 2 aromatic rings. The molecule has 0 spiro atoms. The summed E-state index contributed by atoms with van der Waals surface area (Å²) in [4.78, 5) is 18.1. The smallest absolute Gasteiger partial charge is 0.272 e. The van der Waals surface area contributed by atoms with Crippen LogP contribution >= 0.6 is 11.6 Å². The number of rotatable bonds is 4. The zero-order chi connectivity index (χ0) is 13.8. The van der Waals surface area contributed by atoms with Crippen LogP contribution in [0, 0.1) is 0 Å². The summed E-state index contributed by atoms with van der Waals surface area (Å²) in [6.45, 7) is 2.66. The van der Waals surface area contributed by atoms with E-state index in [2.05, 4.69) is 4.98 Å². The van der Waals surface area contributed by atoms with Crippen LogP contribution in [0.2, 0.25) is 5.02 Å². The van der Waals surface area contributed by atoms with Crippen molar-refractivity contribution in [2.45, 2.75) is 6.92 Å². The van der Waals surface area contributed by atoms with Gasteiger partial charge in [-0.3, -0.25) is 4.79 Å². The first-order valence-corrected chi connectivity index (χ1v) is 6.50. The van der Waals surface area contributed by atoms with Gasteiger partial charge in [0.25, 0.3) is 5.91 Å². The number of hydrogen-bond donors (Lipinski definition) is 1. The number of aliphatic hydroxyl groups is 1. The van der Waals surface area contributed by atoms with Crippen molar-refractivity contribution in [3.63, 3.8) is 0 Å². The first-order valence-electron chi connectivity index (χ1n) is 6.12. The number of nitrogens with zero attached hydrogens (tertiary/aromatic N) is 2. The lowest BCUT2D eigenvalue weighted by atomic mass is 10.2. The van der Waals surface area contributed by atoms with Crippen molar-refractivity contribution in [2.75, 3.05) is 19.7 Å². The number of carbonyl (C=O) groups excluding carboxylic acids is 1. The summed E-state index contributed by atoms with van der Waals surface area (Å²) in [6, 6.07) is 8.93. The Morgan fingerprint density at radius 2 is 2.11 bits per heavy atom. The highest BCUT2D eigenvalue weighted by Gasteiger charge is 2.15. The largest absolute Gasteiger partial charge is 0.395 e. The lowest BCUT2D eigenvalue weighted by molar-refractivity contribution is 0.0726. The predicted molar refractivity (Wildman–Crippen MR) is 75.4 cm³/mol. The van der Waals surface area contributed by atoms with Crippen LogP contribution in [0.1, 0.15) is 17.4 Å². The highest BCUT2D eigenvalue weighted by Crippen LogP contribution is 2.18. The van der Waals surface area contributed by atoms with Crippen molar-refractivity contribution in [1.29, 1.82) is 0 Å². The van der Waals surface area contributed by atoms with Gasteiger partial charge in [-0.25, -0.2) is 4.98 Å². The Hall–Kier alpha value is -1.65. The number of hydrogen-bond acceptors (Lipinski definition) is 3. The SMILES string of the molecule is CCN(CCO)C(=O)c1ccc2ccc(Cl)cc2n1. The van der Waals surface area contributed by atoms with Crippen LogP contribution in [-0.2, 0) is 0 Å². The molecule has 2 rings (SSSR count). The quantitative estimate of drug-likeness (QED) is 0.934. The fraction of sp³-hybridized carbons (Fsp3) is 0.286.